The summed E-state index contributed by atoms with van der Waals surface area (Å²) in [6, 6.07) is 14.4. The van der Waals surface area contributed by atoms with E-state index in [9.17, 15) is 9.18 Å². The molecule has 2 fully saturated rings. The number of imidazole rings is 1. The molecule has 2 saturated heterocycles. The number of fused-ring (bicyclic) bond motifs is 2. The first-order chi connectivity index (χ1) is 21.0. The van der Waals surface area contributed by atoms with E-state index < -0.39 is 12.1 Å². The summed E-state index contributed by atoms with van der Waals surface area (Å²) in [4.78, 5) is 24.1. The van der Waals surface area contributed by atoms with Crippen molar-refractivity contribution in [2.75, 3.05) is 26.8 Å². The largest absolute Gasteiger partial charge is 0.481 e. The van der Waals surface area contributed by atoms with Crippen LogP contribution in [0.15, 0.2) is 54.6 Å². The summed E-state index contributed by atoms with van der Waals surface area (Å²) in [6.45, 7) is 3.87. The molecule has 4 aromatic rings. The number of benzene rings is 2. The van der Waals surface area contributed by atoms with Crippen LogP contribution in [0.1, 0.15) is 64.3 Å². The number of nitrogens with zero attached hydrogens (tertiary/aromatic N) is 4. The molecule has 7 rings (SSSR count). The molecule has 8 nitrogen and oxygen atoms in total. The molecular formula is C33H32ClFN4O4. The third-order valence-corrected chi connectivity index (χ3v) is 8.91. The number of hydrogen-bond donors (Lipinski definition) is 0. The maximum absolute atomic E-state index is 14.7. The van der Waals surface area contributed by atoms with E-state index in [1.807, 2.05) is 24.3 Å². The maximum atomic E-state index is 14.7. The van der Waals surface area contributed by atoms with Crippen LogP contribution in [0.5, 0.6) is 5.75 Å². The van der Waals surface area contributed by atoms with Crippen LogP contribution in [0.3, 0.4) is 0 Å². The Morgan fingerprint density at radius 3 is 2.67 bits per heavy atom. The van der Waals surface area contributed by atoms with Crippen LogP contribution in [0.25, 0.3) is 17.2 Å². The number of esters is 1. The first-order valence-electron chi connectivity index (χ1n) is 14.7. The number of rotatable bonds is 7. The summed E-state index contributed by atoms with van der Waals surface area (Å²) < 4.78 is 33.9. The summed E-state index contributed by atoms with van der Waals surface area (Å²) in [6.07, 6.45) is 6.43. The van der Waals surface area contributed by atoms with Gasteiger partial charge in [0.2, 0.25) is 0 Å². The average Bonchev–Trinajstić information content (AvgIpc) is 3.34. The second-order valence-electron chi connectivity index (χ2n) is 11.3. The predicted molar refractivity (Wildman–Crippen MR) is 161 cm³/mol. The Morgan fingerprint density at radius 1 is 1.09 bits per heavy atom. The normalized spacial score (nSPS) is 20.4. The second-order valence-corrected chi connectivity index (χ2v) is 11.8. The summed E-state index contributed by atoms with van der Waals surface area (Å²) in [5.74, 6) is 1.22. The SMILES string of the molecule is COC(=O)c1ccc2nc(CN3CCC(c4cccc5c4O[C@@H](c4ccc(Cl)cc4F)C=C5)CC3)n(C[C@@H]3CCO3)c2n1. The van der Waals surface area contributed by atoms with E-state index in [1.165, 1.54) is 13.2 Å². The van der Waals surface area contributed by atoms with Crippen molar-refractivity contribution in [2.45, 2.75) is 50.5 Å². The van der Waals surface area contributed by atoms with Crippen molar-refractivity contribution in [1.82, 2.24) is 19.4 Å². The van der Waals surface area contributed by atoms with Gasteiger partial charge in [0.1, 0.15) is 29.0 Å². The van der Waals surface area contributed by atoms with Gasteiger partial charge in [-0.05, 0) is 74.2 Å². The molecule has 2 aromatic heterocycles. The smallest absolute Gasteiger partial charge is 0.356 e. The van der Waals surface area contributed by atoms with Gasteiger partial charge in [-0.1, -0.05) is 41.9 Å². The zero-order valence-corrected chi connectivity index (χ0v) is 24.6. The van der Waals surface area contributed by atoms with Crippen molar-refractivity contribution in [3.05, 3.63) is 93.7 Å². The number of hydrogen-bond acceptors (Lipinski definition) is 7. The number of methoxy groups -OCH3 is 1. The number of piperidine rings is 1. The Kier molecular flexibility index (Phi) is 7.63. The monoisotopic (exact) mass is 602 g/mol. The summed E-state index contributed by atoms with van der Waals surface area (Å²) in [7, 11) is 1.36. The van der Waals surface area contributed by atoms with Crippen LogP contribution < -0.4 is 4.74 Å². The van der Waals surface area contributed by atoms with Gasteiger partial charge in [0, 0.05) is 22.8 Å². The molecule has 0 bridgehead atoms. The first-order valence-corrected chi connectivity index (χ1v) is 15.1. The third-order valence-electron chi connectivity index (χ3n) is 8.68. The number of halogens is 2. The van der Waals surface area contributed by atoms with Crippen LogP contribution in [0, 0.1) is 5.82 Å². The fourth-order valence-corrected chi connectivity index (χ4v) is 6.39. The van der Waals surface area contributed by atoms with Gasteiger partial charge in [-0.25, -0.2) is 19.2 Å². The van der Waals surface area contributed by atoms with Crippen LogP contribution in [0.2, 0.25) is 5.02 Å². The molecule has 0 spiro atoms. The first kappa shape index (κ1) is 28.0. The van der Waals surface area contributed by atoms with Crippen molar-refractivity contribution in [1.29, 1.82) is 0 Å². The van der Waals surface area contributed by atoms with Crippen LogP contribution >= 0.6 is 11.6 Å². The number of pyridine rings is 1. The highest BCUT2D eigenvalue weighted by Crippen LogP contribution is 2.42. The topological polar surface area (TPSA) is 78.7 Å². The van der Waals surface area contributed by atoms with Crippen molar-refractivity contribution >= 4 is 34.8 Å². The fourth-order valence-electron chi connectivity index (χ4n) is 6.23. The lowest BCUT2D eigenvalue weighted by Gasteiger charge is -2.34. The van der Waals surface area contributed by atoms with E-state index in [1.54, 1.807) is 18.2 Å². The molecule has 43 heavy (non-hydrogen) atoms. The molecule has 2 aromatic carbocycles. The van der Waals surface area contributed by atoms with Crippen LogP contribution in [-0.4, -0.2) is 58.3 Å². The molecule has 10 heteroatoms. The van der Waals surface area contributed by atoms with Crippen molar-refractivity contribution < 1.29 is 23.4 Å². The highest BCUT2D eigenvalue weighted by Gasteiger charge is 2.29. The van der Waals surface area contributed by atoms with Gasteiger partial charge in [-0.2, -0.15) is 0 Å². The van der Waals surface area contributed by atoms with Crippen molar-refractivity contribution in [3.8, 4) is 5.75 Å². The Morgan fingerprint density at radius 2 is 1.93 bits per heavy atom. The summed E-state index contributed by atoms with van der Waals surface area (Å²) in [5, 5.41) is 0.364. The standard InChI is InChI=1S/C33H32ClFN4O4/c1-41-33(40)28-9-8-27-32(37-28)39(18-23-13-16-42-23)30(36-27)19-38-14-11-20(12-15-38)24-4-2-3-21-5-10-29(43-31(21)24)25-7-6-22(34)17-26(25)35/h2-10,17,20,23,29H,11-16,18-19H2,1H3/t23-,29+/m0/s1. The Bertz CT molecular complexity index is 1710. The minimum Gasteiger partial charge on any atom is -0.481 e. The van der Waals surface area contributed by atoms with Gasteiger partial charge in [0.05, 0.1) is 26.3 Å². The zero-order valence-electron chi connectivity index (χ0n) is 23.8. The molecule has 0 radical (unpaired) electrons. The lowest BCUT2D eigenvalue weighted by molar-refractivity contribution is -0.0593. The van der Waals surface area contributed by atoms with Gasteiger partial charge >= 0.3 is 5.97 Å². The Labute approximate surface area is 254 Å². The molecule has 0 aliphatic carbocycles. The quantitative estimate of drug-likeness (QED) is 0.229. The lowest BCUT2D eigenvalue weighted by Crippen LogP contribution is -2.35. The van der Waals surface area contributed by atoms with E-state index in [4.69, 9.17) is 30.8 Å². The van der Waals surface area contributed by atoms with E-state index in [0.29, 0.717) is 35.2 Å². The Hall–Kier alpha value is -3.79. The molecule has 3 aliphatic rings. The molecule has 222 valence electrons. The molecule has 3 aliphatic heterocycles. The minimum absolute atomic E-state index is 0.119. The lowest BCUT2D eigenvalue weighted by atomic mass is 9.87. The number of ether oxygens (including phenoxy) is 3. The van der Waals surface area contributed by atoms with Crippen molar-refractivity contribution in [3.63, 3.8) is 0 Å². The molecular weight excluding hydrogens is 571 g/mol. The zero-order chi connectivity index (χ0) is 29.5. The predicted octanol–water partition coefficient (Wildman–Crippen LogP) is 6.33. The highest BCUT2D eigenvalue weighted by atomic mass is 35.5. The molecule has 0 N–H and O–H groups in total. The number of carbonyl (C=O) groups is 1. The van der Waals surface area contributed by atoms with Crippen molar-refractivity contribution in [2.24, 2.45) is 0 Å². The summed E-state index contributed by atoms with van der Waals surface area (Å²) >= 11 is 5.98. The second kappa shape index (κ2) is 11.7. The van der Waals surface area contributed by atoms with Crippen LogP contribution in [0.4, 0.5) is 4.39 Å². The number of para-hydroxylation sites is 1. The highest BCUT2D eigenvalue weighted by molar-refractivity contribution is 6.30. The Balaban J connectivity index is 1.08. The minimum atomic E-state index is -0.507. The number of likely N-dealkylation sites (tertiary alicyclic amines) is 1. The molecule has 0 unspecified atom stereocenters. The molecule has 2 atom stereocenters. The third kappa shape index (κ3) is 5.53. The number of aromatic nitrogens is 3. The van der Waals surface area contributed by atoms with E-state index >= 15 is 0 Å². The van der Waals surface area contributed by atoms with Gasteiger partial charge in [0.25, 0.3) is 0 Å². The van der Waals surface area contributed by atoms with Gasteiger partial charge in [-0.3, -0.25) is 4.90 Å². The molecule has 0 amide bonds. The summed E-state index contributed by atoms with van der Waals surface area (Å²) in [5.41, 5.74) is 4.34. The maximum Gasteiger partial charge on any atom is 0.356 e. The molecule has 5 heterocycles. The molecule has 0 saturated carbocycles. The van der Waals surface area contributed by atoms with Gasteiger partial charge in [-0.15, -0.1) is 0 Å². The fraction of sp³-hybridized carbons (Fsp3) is 0.364. The number of carbonyl (C=O) groups excluding carboxylic acids is 1. The van der Waals surface area contributed by atoms with Gasteiger partial charge < -0.3 is 18.8 Å². The average molecular weight is 603 g/mol. The van der Waals surface area contributed by atoms with E-state index in [2.05, 4.69) is 26.6 Å². The van der Waals surface area contributed by atoms with Crippen LogP contribution in [-0.2, 0) is 22.6 Å². The van der Waals surface area contributed by atoms with E-state index in [0.717, 1.165) is 67.2 Å². The van der Waals surface area contributed by atoms with Gasteiger partial charge in [0.15, 0.2) is 11.3 Å². The van der Waals surface area contributed by atoms with E-state index in [-0.39, 0.29) is 17.6 Å².